The minimum atomic E-state index is -3.72. The zero-order valence-corrected chi connectivity index (χ0v) is 22.2. The smallest absolute Gasteiger partial charge is 0.265 e. The average molecular weight is 515 g/mol. The highest BCUT2D eigenvalue weighted by atomic mass is 32.2. The van der Waals surface area contributed by atoms with Crippen molar-refractivity contribution in [2.75, 3.05) is 62.2 Å². The summed E-state index contributed by atoms with van der Waals surface area (Å²) in [4.78, 5) is 31.4. The van der Waals surface area contributed by atoms with Crippen molar-refractivity contribution in [1.29, 1.82) is 0 Å². The van der Waals surface area contributed by atoms with E-state index in [1.54, 1.807) is 24.8 Å². The van der Waals surface area contributed by atoms with Gasteiger partial charge in [-0.05, 0) is 49.2 Å². The Balaban J connectivity index is 1.50. The standard InChI is InChI=1S/C26H34N4O5S/c1-5-29(6-2)36(33,34)21-10-11-24-23(16-21)30(26(32)18-35-24)17-25(31)28-14-12-27(13-15-28)22-9-7-8-19(3)20(22)4/h7-11,16H,5-6,12-15,17-18H2,1-4H3. The molecule has 1 saturated heterocycles. The number of ether oxygens (including phenoxy) is 1. The minimum absolute atomic E-state index is 0.0721. The summed E-state index contributed by atoms with van der Waals surface area (Å²) in [6, 6.07) is 10.7. The predicted octanol–water partition coefficient (Wildman–Crippen LogP) is 2.41. The molecule has 0 saturated carbocycles. The topological polar surface area (TPSA) is 90.5 Å². The first kappa shape index (κ1) is 26.0. The fraction of sp³-hybridized carbons (Fsp3) is 0.462. The first-order valence-electron chi connectivity index (χ1n) is 12.3. The van der Waals surface area contributed by atoms with Crippen LogP contribution in [0.3, 0.4) is 0 Å². The van der Waals surface area contributed by atoms with E-state index in [1.165, 1.54) is 38.2 Å². The summed E-state index contributed by atoms with van der Waals surface area (Å²) in [5, 5.41) is 0. The van der Waals surface area contributed by atoms with Crippen molar-refractivity contribution < 1.29 is 22.7 Å². The Hall–Kier alpha value is -3.11. The van der Waals surface area contributed by atoms with Crippen molar-refractivity contribution in [1.82, 2.24) is 9.21 Å². The van der Waals surface area contributed by atoms with Gasteiger partial charge in [-0.15, -0.1) is 0 Å². The van der Waals surface area contributed by atoms with Gasteiger partial charge in [0.05, 0.1) is 10.6 Å². The summed E-state index contributed by atoms with van der Waals surface area (Å²) < 4.78 is 32.9. The van der Waals surface area contributed by atoms with Gasteiger partial charge in [0.1, 0.15) is 12.3 Å². The number of amides is 2. The largest absolute Gasteiger partial charge is 0.482 e. The summed E-state index contributed by atoms with van der Waals surface area (Å²) >= 11 is 0. The molecule has 2 aliphatic rings. The van der Waals surface area contributed by atoms with Gasteiger partial charge in [0.15, 0.2) is 6.61 Å². The molecule has 0 radical (unpaired) electrons. The van der Waals surface area contributed by atoms with E-state index in [2.05, 4.69) is 30.9 Å². The van der Waals surface area contributed by atoms with Crippen molar-refractivity contribution in [3.63, 3.8) is 0 Å². The predicted molar refractivity (Wildman–Crippen MR) is 139 cm³/mol. The summed E-state index contributed by atoms with van der Waals surface area (Å²) in [7, 11) is -3.72. The van der Waals surface area contributed by atoms with Crippen LogP contribution in [0, 0.1) is 13.8 Å². The van der Waals surface area contributed by atoms with Gasteiger partial charge in [-0.1, -0.05) is 26.0 Å². The molecule has 0 aromatic heterocycles. The number of piperazine rings is 1. The third-order valence-corrected chi connectivity index (χ3v) is 9.10. The second-order valence-corrected chi connectivity index (χ2v) is 11.0. The number of nitrogens with zero attached hydrogens (tertiary/aromatic N) is 4. The van der Waals surface area contributed by atoms with Gasteiger partial charge in [0.25, 0.3) is 5.91 Å². The lowest BCUT2D eigenvalue weighted by Crippen LogP contribution is -2.53. The van der Waals surface area contributed by atoms with Gasteiger partial charge in [-0.3, -0.25) is 14.5 Å². The van der Waals surface area contributed by atoms with Crippen LogP contribution in [0.2, 0.25) is 0 Å². The van der Waals surface area contributed by atoms with Crippen molar-refractivity contribution in [2.24, 2.45) is 0 Å². The fourth-order valence-corrected chi connectivity index (χ4v) is 6.22. The first-order valence-corrected chi connectivity index (χ1v) is 13.8. The van der Waals surface area contributed by atoms with E-state index in [4.69, 9.17) is 4.74 Å². The molecule has 9 nitrogen and oxygen atoms in total. The van der Waals surface area contributed by atoms with E-state index in [1.807, 2.05) is 6.07 Å². The molecule has 36 heavy (non-hydrogen) atoms. The van der Waals surface area contributed by atoms with Crippen LogP contribution >= 0.6 is 0 Å². The normalized spacial score (nSPS) is 16.2. The molecule has 0 spiro atoms. The third-order valence-electron chi connectivity index (χ3n) is 7.06. The summed E-state index contributed by atoms with van der Waals surface area (Å²) in [6.07, 6.45) is 0. The zero-order valence-electron chi connectivity index (χ0n) is 21.4. The number of rotatable bonds is 7. The quantitative estimate of drug-likeness (QED) is 0.564. The maximum Gasteiger partial charge on any atom is 0.265 e. The van der Waals surface area contributed by atoms with E-state index in [0.29, 0.717) is 50.7 Å². The van der Waals surface area contributed by atoms with Crippen LogP contribution in [0.25, 0.3) is 0 Å². The van der Waals surface area contributed by atoms with Crippen LogP contribution in [0.4, 0.5) is 11.4 Å². The molecule has 0 N–H and O–H groups in total. The van der Waals surface area contributed by atoms with Gasteiger partial charge in [-0.2, -0.15) is 4.31 Å². The van der Waals surface area contributed by atoms with Gasteiger partial charge in [0.2, 0.25) is 15.9 Å². The number of hydrogen-bond donors (Lipinski definition) is 0. The molecular weight excluding hydrogens is 480 g/mol. The molecule has 2 aromatic carbocycles. The summed E-state index contributed by atoms with van der Waals surface area (Å²) in [6.45, 7) is 10.6. The van der Waals surface area contributed by atoms with Crippen LogP contribution in [0.5, 0.6) is 5.75 Å². The first-order chi connectivity index (χ1) is 17.2. The molecule has 0 aliphatic carbocycles. The molecule has 1 fully saturated rings. The Morgan fingerprint density at radius 2 is 1.69 bits per heavy atom. The van der Waals surface area contributed by atoms with Gasteiger partial charge in [0, 0.05) is 45.0 Å². The Labute approximate surface area is 213 Å². The number of benzene rings is 2. The van der Waals surface area contributed by atoms with E-state index >= 15 is 0 Å². The lowest BCUT2D eigenvalue weighted by Gasteiger charge is -2.38. The van der Waals surface area contributed by atoms with Gasteiger partial charge < -0.3 is 14.5 Å². The number of anilines is 2. The lowest BCUT2D eigenvalue weighted by atomic mass is 10.1. The van der Waals surface area contributed by atoms with E-state index in [9.17, 15) is 18.0 Å². The van der Waals surface area contributed by atoms with Crippen molar-refractivity contribution in [3.05, 3.63) is 47.5 Å². The molecule has 2 heterocycles. The number of sulfonamides is 1. The maximum atomic E-state index is 13.2. The molecule has 2 amide bonds. The van der Waals surface area contributed by atoms with Crippen LogP contribution in [-0.2, 0) is 19.6 Å². The maximum absolute atomic E-state index is 13.2. The van der Waals surface area contributed by atoms with Gasteiger partial charge in [-0.25, -0.2) is 8.42 Å². The molecule has 0 unspecified atom stereocenters. The molecule has 0 bridgehead atoms. The van der Waals surface area contributed by atoms with Crippen molar-refractivity contribution in [3.8, 4) is 5.75 Å². The molecule has 2 aliphatic heterocycles. The highest BCUT2D eigenvalue weighted by molar-refractivity contribution is 7.89. The number of carbonyl (C=O) groups excluding carboxylic acids is 2. The van der Waals surface area contributed by atoms with E-state index < -0.39 is 10.0 Å². The van der Waals surface area contributed by atoms with Crippen LogP contribution in [-0.4, -0.2) is 81.9 Å². The minimum Gasteiger partial charge on any atom is -0.482 e. The molecule has 10 heteroatoms. The van der Waals surface area contributed by atoms with Crippen LogP contribution in [0.1, 0.15) is 25.0 Å². The lowest BCUT2D eigenvalue weighted by molar-refractivity contribution is -0.132. The second-order valence-electron chi connectivity index (χ2n) is 9.07. The van der Waals surface area contributed by atoms with Gasteiger partial charge >= 0.3 is 0 Å². The Bertz CT molecular complexity index is 1250. The molecule has 194 valence electrons. The third kappa shape index (κ3) is 4.92. The second kappa shape index (κ2) is 10.5. The Kier molecular flexibility index (Phi) is 7.56. The van der Waals surface area contributed by atoms with E-state index in [0.717, 1.165) is 0 Å². The highest BCUT2D eigenvalue weighted by Gasteiger charge is 2.32. The van der Waals surface area contributed by atoms with Crippen LogP contribution in [0.15, 0.2) is 41.3 Å². The fourth-order valence-electron chi connectivity index (χ4n) is 4.74. The number of fused-ring (bicyclic) bond motifs is 1. The number of hydrogen-bond acceptors (Lipinski definition) is 6. The SMILES string of the molecule is CCN(CC)S(=O)(=O)c1ccc2c(c1)N(CC(=O)N1CCN(c3cccc(C)c3C)CC1)C(=O)CO2. The Morgan fingerprint density at radius 3 is 2.36 bits per heavy atom. The molecule has 4 rings (SSSR count). The molecule has 2 aromatic rings. The zero-order chi connectivity index (χ0) is 26.0. The average Bonchev–Trinajstić information content (AvgIpc) is 2.87. The molecular formula is C26H34N4O5S. The van der Waals surface area contributed by atoms with E-state index in [-0.39, 0.29) is 29.9 Å². The molecule has 0 atom stereocenters. The highest BCUT2D eigenvalue weighted by Crippen LogP contribution is 2.35. The Morgan fingerprint density at radius 1 is 1.00 bits per heavy atom. The summed E-state index contributed by atoms with van der Waals surface area (Å²) in [5.74, 6) is -0.156. The number of carbonyl (C=O) groups is 2. The van der Waals surface area contributed by atoms with Crippen molar-refractivity contribution >= 4 is 33.2 Å². The number of aryl methyl sites for hydroxylation is 1. The summed E-state index contributed by atoms with van der Waals surface area (Å²) in [5.41, 5.74) is 3.96. The monoisotopic (exact) mass is 514 g/mol. The van der Waals surface area contributed by atoms with Crippen molar-refractivity contribution in [2.45, 2.75) is 32.6 Å². The van der Waals surface area contributed by atoms with Crippen LogP contribution < -0.4 is 14.5 Å².